The third-order valence-electron chi connectivity index (χ3n) is 3.56. The van der Waals surface area contributed by atoms with E-state index in [9.17, 15) is 4.39 Å². The van der Waals surface area contributed by atoms with E-state index in [-0.39, 0.29) is 12.4 Å². The number of anilines is 3. The second-order valence-corrected chi connectivity index (χ2v) is 5.88. The van der Waals surface area contributed by atoms with Crippen molar-refractivity contribution in [1.29, 1.82) is 0 Å². The molecule has 0 amide bonds. The highest BCUT2D eigenvalue weighted by molar-refractivity contribution is 5.42. The number of aromatic nitrogens is 3. The van der Waals surface area contributed by atoms with E-state index in [2.05, 4.69) is 30.9 Å². The Hall–Kier alpha value is -2.60. The molecule has 6 N–H and O–H groups in total. The van der Waals surface area contributed by atoms with Crippen molar-refractivity contribution in [2.24, 2.45) is 5.73 Å². The van der Waals surface area contributed by atoms with Crippen molar-refractivity contribution < 1.29 is 19.0 Å². The number of nitrogens with one attached hydrogen (secondary N) is 3. The smallest absolute Gasteiger partial charge is 0.229 e. The minimum Gasteiger partial charge on any atom is -0.395 e. The van der Waals surface area contributed by atoms with Crippen LogP contribution >= 0.6 is 0 Å². The van der Waals surface area contributed by atoms with Crippen molar-refractivity contribution in [3.8, 4) is 0 Å². The van der Waals surface area contributed by atoms with E-state index in [0.29, 0.717) is 70.5 Å². The zero-order chi connectivity index (χ0) is 20.7. The van der Waals surface area contributed by atoms with Crippen LogP contribution in [0.2, 0.25) is 0 Å². The van der Waals surface area contributed by atoms with Crippen LogP contribution in [-0.2, 0) is 16.0 Å². The lowest BCUT2D eigenvalue weighted by Gasteiger charge is -2.11. The van der Waals surface area contributed by atoms with Crippen LogP contribution in [-0.4, -0.2) is 72.7 Å². The van der Waals surface area contributed by atoms with E-state index < -0.39 is 0 Å². The van der Waals surface area contributed by atoms with Gasteiger partial charge in [0.25, 0.3) is 0 Å². The molecule has 1 heterocycles. The summed E-state index contributed by atoms with van der Waals surface area (Å²) >= 11 is 0. The fourth-order valence-corrected chi connectivity index (χ4v) is 2.20. The topological polar surface area (TPSA) is 139 Å². The zero-order valence-electron chi connectivity index (χ0n) is 16.2. The van der Waals surface area contributed by atoms with Crippen LogP contribution in [0.5, 0.6) is 0 Å². The van der Waals surface area contributed by atoms with Crippen LogP contribution < -0.4 is 21.7 Å². The van der Waals surface area contributed by atoms with E-state index in [4.69, 9.17) is 20.3 Å². The summed E-state index contributed by atoms with van der Waals surface area (Å²) in [5.74, 6) is 0.756. The summed E-state index contributed by atoms with van der Waals surface area (Å²) in [5.41, 5.74) is 6.22. The Morgan fingerprint density at radius 2 is 1.41 bits per heavy atom. The standard InChI is InChI=1S/C18H28FN7O3/c19-15-3-1-14(2-4-15)13-23-18-25-16(21-6-8-27)24-17(26-18)22-7-10-29-12-11-28-9-5-20/h1-4,27H,5-13,20H2,(H3,21,22,23,24,25,26). The van der Waals surface area contributed by atoms with E-state index in [0.717, 1.165) is 5.56 Å². The summed E-state index contributed by atoms with van der Waals surface area (Å²) < 4.78 is 23.7. The lowest BCUT2D eigenvalue weighted by molar-refractivity contribution is 0.0547. The minimum atomic E-state index is -0.288. The molecule has 0 bridgehead atoms. The van der Waals surface area contributed by atoms with Crippen molar-refractivity contribution in [2.45, 2.75) is 6.54 Å². The normalized spacial score (nSPS) is 10.7. The third kappa shape index (κ3) is 9.43. The molecule has 2 rings (SSSR count). The molecule has 0 aliphatic rings. The number of nitrogens with two attached hydrogens (primary N) is 1. The Balaban J connectivity index is 1.85. The predicted octanol–water partition coefficient (Wildman–Crippen LogP) is 0.431. The Morgan fingerprint density at radius 3 is 2.03 bits per heavy atom. The summed E-state index contributed by atoms with van der Waals surface area (Å²) in [5, 5.41) is 18.1. The first-order chi connectivity index (χ1) is 14.2. The second-order valence-electron chi connectivity index (χ2n) is 5.88. The molecular weight excluding hydrogens is 381 g/mol. The molecule has 0 aliphatic heterocycles. The Kier molecular flexibility index (Phi) is 10.6. The average molecular weight is 409 g/mol. The monoisotopic (exact) mass is 409 g/mol. The molecule has 0 aliphatic carbocycles. The summed E-state index contributed by atoms with van der Waals surface area (Å²) in [6.45, 7) is 3.62. The van der Waals surface area contributed by atoms with Gasteiger partial charge in [-0.05, 0) is 17.7 Å². The van der Waals surface area contributed by atoms with Gasteiger partial charge in [-0.1, -0.05) is 12.1 Å². The molecule has 29 heavy (non-hydrogen) atoms. The minimum absolute atomic E-state index is 0.0488. The Morgan fingerprint density at radius 1 is 0.828 bits per heavy atom. The van der Waals surface area contributed by atoms with Crippen LogP contribution in [0.25, 0.3) is 0 Å². The van der Waals surface area contributed by atoms with Crippen LogP contribution in [0.4, 0.5) is 22.2 Å². The number of ether oxygens (including phenoxy) is 2. The fraction of sp³-hybridized carbons (Fsp3) is 0.500. The molecule has 0 saturated heterocycles. The molecule has 0 atom stereocenters. The number of hydrogen-bond donors (Lipinski definition) is 5. The Bertz CT molecular complexity index is 706. The molecule has 11 heteroatoms. The van der Waals surface area contributed by atoms with Gasteiger partial charge >= 0.3 is 0 Å². The number of aliphatic hydroxyl groups excluding tert-OH is 1. The van der Waals surface area contributed by atoms with Gasteiger partial charge in [-0.25, -0.2) is 4.39 Å². The molecule has 1 aromatic heterocycles. The van der Waals surface area contributed by atoms with Crippen LogP contribution in [0.3, 0.4) is 0 Å². The average Bonchev–Trinajstić information content (AvgIpc) is 2.74. The molecule has 1 aromatic carbocycles. The summed E-state index contributed by atoms with van der Waals surface area (Å²) in [6, 6.07) is 6.16. The molecule has 0 unspecified atom stereocenters. The number of hydrogen-bond acceptors (Lipinski definition) is 10. The van der Waals surface area contributed by atoms with E-state index in [1.165, 1.54) is 12.1 Å². The highest BCUT2D eigenvalue weighted by Gasteiger charge is 2.06. The van der Waals surface area contributed by atoms with Crippen molar-refractivity contribution >= 4 is 17.8 Å². The van der Waals surface area contributed by atoms with Crippen molar-refractivity contribution in [3.05, 3.63) is 35.6 Å². The number of rotatable bonds is 15. The SMILES string of the molecule is NCCOCCOCCNc1nc(NCCO)nc(NCc2ccc(F)cc2)n1. The van der Waals surface area contributed by atoms with E-state index in [1.54, 1.807) is 12.1 Å². The largest absolute Gasteiger partial charge is 0.395 e. The lowest BCUT2D eigenvalue weighted by atomic mass is 10.2. The zero-order valence-corrected chi connectivity index (χ0v) is 16.2. The molecule has 0 saturated carbocycles. The summed E-state index contributed by atoms with van der Waals surface area (Å²) in [7, 11) is 0. The van der Waals surface area contributed by atoms with Gasteiger partial charge < -0.3 is 36.3 Å². The highest BCUT2D eigenvalue weighted by atomic mass is 19.1. The molecule has 0 fully saturated rings. The van der Waals surface area contributed by atoms with Gasteiger partial charge in [0.05, 0.1) is 33.0 Å². The number of aliphatic hydroxyl groups is 1. The molecule has 0 radical (unpaired) electrons. The highest BCUT2D eigenvalue weighted by Crippen LogP contribution is 2.11. The molecular formula is C18H28FN7O3. The maximum Gasteiger partial charge on any atom is 0.229 e. The maximum absolute atomic E-state index is 13.0. The van der Waals surface area contributed by atoms with Crippen molar-refractivity contribution in [1.82, 2.24) is 15.0 Å². The van der Waals surface area contributed by atoms with Gasteiger partial charge in [0.15, 0.2) is 0 Å². The van der Waals surface area contributed by atoms with Gasteiger partial charge in [-0.2, -0.15) is 15.0 Å². The van der Waals surface area contributed by atoms with Gasteiger partial charge in [0.2, 0.25) is 17.8 Å². The van der Waals surface area contributed by atoms with Crippen LogP contribution in [0.15, 0.2) is 24.3 Å². The van der Waals surface area contributed by atoms with Crippen molar-refractivity contribution in [2.75, 3.05) is 68.6 Å². The Labute approximate surface area is 169 Å². The van der Waals surface area contributed by atoms with Crippen LogP contribution in [0.1, 0.15) is 5.56 Å². The molecule has 160 valence electrons. The quantitative estimate of drug-likeness (QED) is 0.263. The summed E-state index contributed by atoms with van der Waals surface area (Å²) in [4.78, 5) is 12.8. The van der Waals surface area contributed by atoms with E-state index >= 15 is 0 Å². The second kappa shape index (κ2) is 13.6. The number of halogens is 1. The maximum atomic E-state index is 13.0. The molecule has 0 spiro atoms. The first kappa shape index (κ1) is 22.7. The first-order valence-corrected chi connectivity index (χ1v) is 9.40. The first-order valence-electron chi connectivity index (χ1n) is 9.40. The fourth-order valence-electron chi connectivity index (χ4n) is 2.20. The summed E-state index contributed by atoms with van der Waals surface area (Å²) in [6.07, 6.45) is 0. The van der Waals surface area contributed by atoms with Gasteiger partial charge in [0, 0.05) is 26.2 Å². The third-order valence-corrected chi connectivity index (χ3v) is 3.56. The van der Waals surface area contributed by atoms with Crippen LogP contribution in [0, 0.1) is 5.82 Å². The molecule has 2 aromatic rings. The number of benzene rings is 1. The van der Waals surface area contributed by atoms with Gasteiger partial charge in [-0.15, -0.1) is 0 Å². The van der Waals surface area contributed by atoms with Gasteiger partial charge in [-0.3, -0.25) is 0 Å². The van der Waals surface area contributed by atoms with Gasteiger partial charge in [0.1, 0.15) is 5.82 Å². The molecule has 10 nitrogen and oxygen atoms in total. The predicted molar refractivity (Wildman–Crippen MR) is 108 cm³/mol. The number of nitrogens with zero attached hydrogens (tertiary/aromatic N) is 3. The van der Waals surface area contributed by atoms with Crippen molar-refractivity contribution in [3.63, 3.8) is 0 Å². The van der Waals surface area contributed by atoms with E-state index in [1.807, 2.05) is 0 Å². The lowest BCUT2D eigenvalue weighted by Crippen LogP contribution is -2.17.